The van der Waals surface area contributed by atoms with Gasteiger partial charge in [-0.05, 0) is 113 Å². The first-order chi connectivity index (χ1) is 25.3. The van der Waals surface area contributed by atoms with Gasteiger partial charge in [-0.1, -0.05) is 146 Å². The Morgan fingerprint density at radius 3 is 1.29 bits per heavy atom. The van der Waals surface area contributed by atoms with E-state index >= 15 is 0 Å². The molecule has 11 aromatic rings. The first kappa shape index (κ1) is 28.2. The zero-order chi connectivity index (χ0) is 33.5. The molecule has 0 saturated carbocycles. The Morgan fingerprint density at radius 1 is 0.235 bits per heavy atom. The van der Waals surface area contributed by atoms with Gasteiger partial charge in [-0.2, -0.15) is 0 Å². The molecule has 1 aromatic heterocycles. The Labute approximate surface area is 294 Å². The highest BCUT2D eigenvalue weighted by atomic mass is 16.3. The van der Waals surface area contributed by atoms with Gasteiger partial charge in [-0.15, -0.1) is 0 Å². The highest BCUT2D eigenvalue weighted by molar-refractivity contribution is 6.22. The quantitative estimate of drug-likeness (QED) is 0.174. The summed E-state index contributed by atoms with van der Waals surface area (Å²) in [6.45, 7) is 0. The summed E-state index contributed by atoms with van der Waals surface area (Å²) in [7, 11) is 0. The molecule has 0 amide bonds. The number of hydrogen-bond acceptors (Lipinski definition) is 1. The van der Waals surface area contributed by atoms with Crippen LogP contribution in [0.3, 0.4) is 0 Å². The largest absolute Gasteiger partial charge is 0.455 e. The Balaban J connectivity index is 1.03. The van der Waals surface area contributed by atoms with Crippen LogP contribution in [0.5, 0.6) is 0 Å². The van der Waals surface area contributed by atoms with Crippen molar-refractivity contribution in [3.63, 3.8) is 0 Å². The maximum atomic E-state index is 6.61. The highest BCUT2D eigenvalue weighted by Crippen LogP contribution is 2.44. The lowest BCUT2D eigenvalue weighted by Gasteiger charge is -2.18. The number of fused-ring (bicyclic) bond motifs is 10. The van der Waals surface area contributed by atoms with Gasteiger partial charge in [0.05, 0.1) is 0 Å². The van der Waals surface area contributed by atoms with Crippen molar-refractivity contribution < 1.29 is 4.42 Å². The Hall–Kier alpha value is -6.70. The number of rotatable bonds is 3. The van der Waals surface area contributed by atoms with Gasteiger partial charge >= 0.3 is 0 Å². The van der Waals surface area contributed by atoms with Crippen LogP contribution >= 0.6 is 0 Å². The fraction of sp³-hybridized carbons (Fsp3) is 0. The van der Waals surface area contributed by atoms with Crippen molar-refractivity contribution in [2.24, 2.45) is 0 Å². The minimum atomic E-state index is 0.952. The van der Waals surface area contributed by atoms with Gasteiger partial charge in [0.15, 0.2) is 0 Å². The first-order valence-electron chi connectivity index (χ1n) is 17.6. The van der Waals surface area contributed by atoms with E-state index in [0.29, 0.717) is 0 Å². The molecule has 0 N–H and O–H groups in total. The predicted molar refractivity (Wildman–Crippen MR) is 218 cm³/mol. The van der Waals surface area contributed by atoms with E-state index in [-0.39, 0.29) is 0 Å². The normalized spacial score (nSPS) is 11.9. The second kappa shape index (κ2) is 10.9. The lowest BCUT2D eigenvalue weighted by molar-refractivity contribution is 0.676. The molecule has 0 aliphatic rings. The molecule has 1 nitrogen and oxygen atoms in total. The van der Waals surface area contributed by atoms with Gasteiger partial charge in [0, 0.05) is 21.5 Å². The molecule has 0 radical (unpaired) electrons. The van der Waals surface area contributed by atoms with E-state index in [1.54, 1.807) is 0 Å². The molecule has 0 unspecified atom stereocenters. The summed E-state index contributed by atoms with van der Waals surface area (Å²) in [4.78, 5) is 0. The standard InChI is InChI=1S/C50H30O/c1-2-11-32(12-3-1)47-41-14-6-8-16-43(41)48(44-17-9-7-15-42(44)47)38-21-20-34-28-33(18-19-35(34)30-38)36-23-25-40-37(29-36)24-27-46-45-26-22-31-10-4-5-13-39(31)49(45)51-50(40)46/h1-30H. The molecule has 0 aliphatic heterocycles. The van der Waals surface area contributed by atoms with Crippen molar-refractivity contribution in [1.82, 2.24) is 0 Å². The van der Waals surface area contributed by atoms with Crippen LogP contribution in [0.2, 0.25) is 0 Å². The van der Waals surface area contributed by atoms with Crippen LogP contribution in [0.1, 0.15) is 0 Å². The summed E-state index contributed by atoms with van der Waals surface area (Å²) >= 11 is 0. The fourth-order valence-electron chi connectivity index (χ4n) is 8.41. The number of furan rings is 1. The molecule has 11 rings (SSSR count). The molecule has 0 spiro atoms. The molecule has 0 aliphatic carbocycles. The summed E-state index contributed by atoms with van der Waals surface area (Å²) in [5.41, 5.74) is 9.36. The Bertz CT molecular complexity index is 3130. The van der Waals surface area contributed by atoms with E-state index in [4.69, 9.17) is 4.42 Å². The minimum absolute atomic E-state index is 0.952. The maximum Gasteiger partial charge on any atom is 0.143 e. The summed E-state index contributed by atoms with van der Waals surface area (Å²) < 4.78 is 6.61. The van der Waals surface area contributed by atoms with Crippen molar-refractivity contribution >= 4 is 75.8 Å². The van der Waals surface area contributed by atoms with E-state index in [0.717, 1.165) is 32.7 Å². The van der Waals surface area contributed by atoms with E-state index in [1.165, 1.54) is 76.5 Å². The summed E-state index contributed by atoms with van der Waals surface area (Å²) in [5.74, 6) is 0. The Morgan fingerprint density at radius 2 is 0.647 bits per heavy atom. The van der Waals surface area contributed by atoms with Gasteiger partial charge in [0.2, 0.25) is 0 Å². The smallest absolute Gasteiger partial charge is 0.143 e. The third-order valence-electron chi connectivity index (χ3n) is 10.8. The van der Waals surface area contributed by atoms with Crippen molar-refractivity contribution in [2.45, 2.75) is 0 Å². The Kier molecular flexibility index (Phi) is 6.02. The molecule has 236 valence electrons. The zero-order valence-corrected chi connectivity index (χ0v) is 27.7. The number of hydrogen-bond donors (Lipinski definition) is 0. The fourth-order valence-corrected chi connectivity index (χ4v) is 8.41. The van der Waals surface area contributed by atoms with Gasteiger partial charge < -0.3 is 4.42 Å². The average molecular weight is 647 g/mol. The molecule has 51 heavy (non-hydrogen) atoms. The van der Waals surface area contributed by atoms with Gasteiger partial charge in [0.1, 0.15) is 11.2 Å². The highest BCUT2D eigenvalue weighted by Gasteiger charge is 2.17. The lowest BCUT2D eigenvalue weighted by atomic mass is 9.85. The molecule has 0 fully saturated rings. The van der Waals surface area contributed by atoms with Crippen LogP contribution < -0.4 is 0 Å². The van der Waals surface area contributed by atoms with Crippen molar-refractivity contribution in [2.75, 3.05) is 0 Å². The van der Waals surface area contributed by atoms with E-state index < -0.39 is 0 Å². The van der Waals surface area contributed by atoms with Gasteiger partial charge in [0.25, 0.3) is 0 Å². The third-order valence-corrected chi connectivity index (χ3v) is 10.8. The molecule has 0 saturated heterocycles. The predicted octanol–water partition coefficient (Wildman–Crippen LogP) is 14.4. The zero-order valence-electron chi connectivity index (χ0n) is 27.7. The SMILES string of the molecule is c1ccc(-c2c3ccccc3c(-c3ccc4cc(-c5ccc6c(ccc7c8ccc9ccccc9c8oc67)c5)ccc4c3)c3ccccc23)cc1. The molecule has 10 aromatic carbocycles. The van der Waals surface area contributed by atoms with Crippen LogP contribution in [0.4, 0.5) is 0 Å². The molecule has 0 bridgehead atoms. The van der Waals surface area contributed by atoms with Crippen molar-refractivity contribution in [3.8, 4) is 33.4 Å². The number of benzene rings is 10. The summed E-state index contributed by atoms with van der Waals surface area (Å²) in [6.07, 6.45) is 0. The van der Waals surface area contributed by atoms with Crippen molar-refractivity contribution in [3.05, 3.63) is 182 Å². The van der Waals surface area contributed by atoms with Crippen LogP contribution in [0.15, 0.2) is 186 Å². The van der Waals surface area contributed by atoms with E-state index in [9.17, 15) is 0 Å². The topological polar surface area (TPSA) is 13.1 Å². The molecular weight excluding hydrogens is 617 g/mol. The van der Waals surface area contributed by atoms with Crippen LogP contribution in [0.25, 0.3) is 109 Å². The third kappa shape index (κ3) is 4.28. The van der Waals surface area contributed by atoms with Crippen LogP contribution in [0, 0.1) is 0 Å². The van der Waals surface area contributed by atoms with Gasteiger partial charge in [-0.25, -0.2) is 0 Å². The van der Waals surface area contributed by atoms with E-state index in [2.05, 4.69) is 182 Å². The molecule has 0 atom stereocenters. The second-order valence-electron chi connectivity index (χ2n) is 13.6. The summed E-state index contributed by atoms with van der Waals surface area (Å²) in [5, 5.41) is 14.5. The van der Waals surface area contributed by atoms with E-state index in [1.807, 2.05) is 0 Å². The van der Waals surface area contributed by atoms with Crippen LogP contribution in [-0.2, 0) is 0 Å². The summed E-state index contributed by atoms with van der Waals surface area (Å²) in [6, 6.07) is 66.3. The minimum Gasteiger partial charge on any atom is -0.455 e. The average Bonchev–Trinajstić information content (AvgIpc) is 3.59. The molecule has 1 heteroatoms. The molecule has 1 heterocycles. The second-order valence-corrected chi connectivity index (χ2v) is 13.6. The lowest BCUT2D eigenvalue weighted by Crippen LogP contribution is -1.90. The first-order valence-corrected chi connectivity index (χ1v) is 17.6. The van der Waals surface area contributed by atoms with Crippen molar-refractivity contribution in [1.29, 1.82) is 0 Å². The maximum absolute atomic E-state index is 6.61. The monoisotopic (exact) mass is 646 g/mol. The molecular formula is C50H30O. The van der Waals surface area contributed by atoms with Gasteiger partial charge in [-0.3, -0.25) is 0 Å². The van der Waals surface area contributed by atoms with Crippen LogP contribution in [-0.4, -0.2) is 0 Å².